The number of esters is 1. The molecule has 0 aliphatic carbocycles. The summed E-state index contributed by atoms with van der Waals surface area (Å²) in [7, 11) is 0. The summed E-state index contributed by atoms with van der Waals surface area (Å²) in [5.41, 5.74) is 0. The molecule has 1 aromatic rings. The van der Waals surface area contributed by atoms with Crippen molar-refractivity contribution in [2.45, 2.75) is 26.3 Å². The molecule has 0 saturated carbocycles. The number of rotatable bonds is 5. The van der Waals surface area contributed by atoms with E-state index in [1.54, 1.807) is 0 Å². The highest BCUT2D eigenvalue weighted by Gasteiger charge is 2.10. The van der Waals surface area contributed by atoms with E-state index in [1.165, 1.54) is 12.1 Å². The van der Waals surface area contributed by atoms with E-state index in [9.17, 15) is 15.0 Å². The highest BCUT2D eigenvalue weighted by atomic mass is 16.5. The highest BCUT2D eigenvalue weighted by molar-refractivity contribution is 5.69. The van der Waals surface area contributed by atoms with Gasteiger partial charge in [0.1, 0.15) is 6.54 Å². The Bertz CT molecular complexity index is 313. The average Bonchev–Trinajstić information content (AvgIpc) is 2.50. The van der Waals surface area contributed by atoms with Crippen LogP contribution in [0.4, 0.5) is 0 Å². The van der Waals surface area contributed by atoms with Gasteiger partial charge in [-0.25, -0.2) is 0 Å². The summed E-state index contributed by atoms with van der Waals surface area (Å²) in [4.78, 5) is 11.2. The van der Waals surface area contributed by atoms with Crippen LogP contribution < -0.4 is 0 Å². The van der Waals surface area contributed by atoms with Crippen molar-refractivity contribution in [3.05, 3.63) is 12.1 Å². The van der Waals surface area contributed by atoms with Gasteiger partial charge in [0.2, 0.25) is 0 Å². The van der Waals surface area contributed by atoms with Crippen LogP contribution in [0.5, 0.6) is 11.8 Å². The smallest absolute Gasteiger partial charge is 0.326 e. The van der Waals surface area contributed by atoms with E-state index in [0.29, 0.717) is 6.61 Å². The molecule has 84 valence electrons. The van der Waals surface area contributed by atoms with Crippen LogP contribution in [0.1, 0.15) is 19.8 Å². The summed E-state index contributed by atoms with van der Waals surface area (Å²) in [5, 5.41) is 18.5. The zero-order valence-electron chi connectivity index (χ0n) is 8.64. The van der Waals surface area contributed by atoms with Crippen LogP contribution in [0, 0.1) is 0 Å². The molecule has 0 aliphatic rings. The minimum atomic E-state index is -0.467. The highest BCUT2D eigenvalue weighted by Crippen LogP contribution is 2.20. The molecule has 0 amide bonds. The summed E-state index contributed by atoms with van der Waals surface area (Å²) in [6, 6.07) is 2.63. The molecule has 5 heteroatoms. The molecule has 0 radical (unpaired) electrons. The van der Waals surface area contributed by atoms with E-state index < -0.39 is 5.97 Å². The second-order valence-electron chi connectivity index (χ2n) is 3.21. The van der Waals surface area contributed by atoms with Gasteiger partial charge in [-0.2, -0.15) is 0 Å². The molecular formula is C10H15NO4. The topological polar surface area (TPSA) is 71.7 Å². The number of aromatic nitrogens is 1. The maximum Gasteiger partial charge on any atom is 0.326 e. The normalized spacial score (nSPS) is 10.2. The molecule has 15 heavy (non-hydrogen) atoms. The molecule has 0 aromatic carbocycles. The second-order valence-corrected chi connectivity index (χ2v) is 3.21. The van der Waals surface area contributed by atoms with Gasteiger partial charge >= 0.3 is 5.97 Å². The number of hydrogen-bond donors (Lipinski definition) is 2. The fraction of sp³-hybridized carbons (Fsp3) is 0.500. The Morgan fingerprint density at radius 1 is 1.40 bits per heavy atom. The van der Waals surface area contributed by atoms with Crippen molar-refractivity contribution in [1.82, 2.24) is 4.57 Å². The van der Waals surface area contributed by atoms with Crippen molar-refractivity contribution in [3.8, 4) is 11.8 Å². The van der Waals surface area contributed by atoms with E-state index in [2.05, 4.69) is 0 Å². The molecule has 1 heterocycles. The first-order valence-corrected chi connectivity index (χ1v) is 4.88. The van der Waals surface area contributed by atoms with E-state index in [1.807, 2.05) is 6.92 Å². The lowest BCUT2D eigenvalue weighted by molar-refractivity contribution is -0.144. The first kappa shape index (κ1) is 11.4. The minimum absolute atomic E-state index is 0.153. The predicted molar refractivity (Wildman–Crippen MR) is 53.6 cm³/mol. The number of aromatic hydroxyl groups is 2. The van der Waals surface area contributed by atoms with Crippen molar-refractivity contribution in [1.29, 1.82) is 0 Å². The summed E-state index contributed by atoms with van der Waals surface area (Å²) in [5.74, 6) is -0.773. The summed E-state index contributed by atoms with van der Waals surface area (Å²) in [6.07, 6.45) is 1.77. The first-order valence-electron chi connectivity index (χ1n) is 4.88. The van der Waals surface area contributed by atoms with Gasteiger partial charge in [-0.05, 0) is 6.42 Å². The molecule has 0 atom stereocenters. The van der Waals surface area contributed by atoms with Gasteiger partial charge in [0.05, 0.1) is 6.61 Å². The van der Waals surface area contributed by atoms with Crippen LogP contribution in [-0.2, 0) is 16.1 Å². The van der Waals surface area contributed by atoms with E-state index in [0.717, 1.165) is 17.4 Å². The van der Waals surface area contributed by atoms with Crippen molar-refractivity contribution < 1.29 is 19.7 Å². The standard InChI is InChI=1S/C10H15NO4/c1-2-3-6-15-10(14)7-11-8(12)4-5-9(11)13/h4-5,12-13H,2-3,6-7H2,1H3. The molecule has 2 N–H and O–H groups in total. The average molecular weight is 213 g/mol. The Labute approximate surface area is 87.9 Å². The van der Waals surface area contributed by atoms with Crippen molar-refractivity contribution in [2.24, 2.45) is 0 Å². The Kier molecular flexibility index (Phi) is 4.03. The van der Waals surface area contributed by atoms with Gasteiger partial charge in [0, 0.05) is 12.1 Å². The fourth-order valence-electron chi connectivity index (χ4n) is 1.11. The van der Waals surface area contributed by atoms with Gasteiger partial charge in [-0.3, -0.25) is 9.36 Å². The Balaban J connectivity index is 2.44. The summed E-state index contributed by atoms with van der Waals surface area (Å²) < 4.78 is 5.96. The molecule has 1 rings (SSSR count). The third-order valence-corrected chi connectivity index (χ3v) is 1.98. The Morgan fingerprint density at radius 2 is 2.00 bits per heavy atom. The minimum Gasteiger partial charge on any atom is -0.494 e. The zero-order chi connectivity index (χ0) is 11.3. The van der Waals surface area contributed by atoms with Gasteiger partial charge in [0.25, 0.3) is 0 Å². The summed E-state index contributed by atoms with van der Waals surface area (Å²) in [6.45, 7) is 2.20. The van der Waals surface area contributed by atoms with Gasteiger partial charge in [-0.15, -0.1) is 0 Å². The van der Waals surface area contributed by atoms with Crippen LogP contribution in [0.2, 0.25) is 0 Å². The van der Waals surface area contributed by atoms with Crippen LogP contribution >= 0.6 is 0 Å². The molecule has 0 unspecified atom stereocenters. The number of unbranched alkanes of at least 4 members (excludes halogenated alkanes) is 1. The third-order valence-electron chi connectivity index (χ3n) is 1.98. The second kappa shape index (κ2) is 5.29. The fourth-order valence-corrected chi connectivity index (χ4v) is 1.11. The quantitative estimate of drug-likeness (QED) is 0.570. The molecule has 0 saturated heterocycles. The lowest BCUT2D eigenvalue weighted by Gasteiger charge is -2.06. The van der Waals surface area contributed by atoms with E-state index in [-0.39, 0.29) is 18.3 Å². The van der Waals surface area contributed by atoms with E-state index in [4.69, 9.17) is 4.74 Å². The molecule has 1 aromatic heterocycles. The number of carbonyl (C=O) groups is 1. The Morgan fingerprint density at radius 3 is 2.53 bits per heavy atom. The number of hydrogen-bond acceptors (Lipinski definition) is 4. The van der Waals surface area contributed by atoms with Gasteiger partial charge in [-0.1, -0.05) is 13.3 Å². The molecular weight excluding hydrogens is 198 g/mol. The first-order chi connectivity index (χ1) is 7.15. The maximum atomic E-state index is 11.2. The molecule has 0 fully saturated rings. The van der Waals surface area contributed by atoms with Crippen LogP contribution in [0.15, 0.2) is 12.1 Å². The van der Waals surface area contributed by atoms with Gasteiger partial charge in [0.15, 0.2) is 11.8 Å². The summed E-state index contributed by atoms with van der Waals surface area (Å²) >= 11 is 0. The number of carbonyl (C=O) groups excluding carboxylic acids is 1. The predicted octanol–water partition coefficient (Wildman–Crippen LogP) is 1.24. The SMILES string of the molecule is CCCCOC(=O)Cn1c(O)ccc1O. The third kappa shape index (κ3) is 3.19. The lowest BCUT2D eigenvalue weighted by atomic mass is 10.4. The maximum absolute atomic E-state index is 11.2. The largest absolute Gasteiger partial charge is 0.494 e. The monoisotopic (exact) mass is 213 g/mol. The van der Waals surface area contributed by atoms with Crippen LogP contribution in [0.25, 0.3) is 0 Å². The molecule has 0 spiro atoms. The van der Waals surface area contributed by atoms with Crippen LogP contribution in [-0.4, -0.2) is 27.4 Å². The van der Waals surface area contributed by atoms with Gasteiger partial charge < -0.3 is 14.9 Å². The molecule has 5 nitrogen and oxygen atoms in total. The molecule has 0 aliphatic heterocycles. The number of nitrogens with zero attached hydrogens (tertiary/aromatic N) is 1. The zero-order valence-corrected chi connectivity index (χ0v) is 8.64. The molecule has 0 bridgehead atoms. The van der Waals surface area contributed by atoms with Crippen molar-refractivity contribution in [2.75, 3.05) is 6.61 Å². The van der Waals surface area contributed by atoms with Crippen molar-refractivity contribution in [3.63, 3.8) is 0 Å². The number of ether oxygens (including phenoxy) is 1. The van der Waals surface area contributed by atoms with Crippen molar-refractivity contribution >= 4 is 5.97 Å². The Hall–Kier alpha value is -1.65. The van der Waals surface area contributed by atoms with E-state index >= 15 is 0 Å². The lowest BCUT2D eigenvalue weighted by Crippen LogP contribution is -2.13. The van der Waals surface area contributed by atoms with Crippen LogP contribution in [0.3, 0.4) is 0 Å².